The summed E-state index contributed by atoms with van der Waals surface area (Å²) in [6.07, 6.45) is 6.62. The number of esters is 2. The van der Waals surface area contributed by atoms with Crippen LogP contribution in [-0.2, 0) is 23.9 Å². The zero-order valence-corrected chi connectivity index (χ0v) is 18.1. The highest BCUT2D eigenvalue weighted by molar-refractivity contribution is 5.97. The summed E-state index contributed by atoms with van der Waals surface area (Å²) in [5.41, 5.74) is 2.38. The number of ketones is 1. The van der Waals surface area contributed by atoms with E-state index in [4.69, 9.17) is 9.47 Å². The summed E-state index contributed by atoms with van der Waals surface area (Å²) in [4.78, 5) is 36.3. The number of methoxy groups -OCH3 is 1. The average Bonchev–Trinajstić information content (AvgIpc) is 2.62. The number of hydrogen-bond acceptors (Lipinski definition) is 5. The minimum absolute atomic E-state index is 0.0299. The maximum absolute atomic E-state index is 12.8. The van der Waals surface area contributed by atoms with E-state index in [1.54, 1.807) is 0 Å². The van der Waals surface area contributed by atoms with E-state index in [2.05, 4.69) is 6.92 Å². The molecule has 0 aliphatic heterocycles. The number of fused-ring (bicyclic) bond motifs is 1. The fraction of sp³-hybridized carbons (Fsp3) is 0.696. The van der Waals surface area contributed by atoms with Crippen molar-refractivity contribution in [2.45, 2.75) is 73.1 Å². The lowest BCUT2D eigenvalue weighted by Gasteiger charge is -2.54. The molecule has 28 heavy (non-hydrogen) atoms. The van der Waals surface area contributed by atoms with Crippen LogP contribution in [-0.4, -0.2) is 31.4 Å². The maximum atomic E-state index is 12.8. The van der Waals surface area contributed by atoms with Gasteiger partial charge in [0.05, 0.1) is 12.5 Å². The summed E-state index contributed by atoms with van der Waals surface area (Å²) in [6.45, 7) is 9.81. The van der Waals surface area contributed by atoms with Gasteiger partial charge in [0.25, 0.3) is 0 Å². The van der Waals surface area contributed by atoms with Gasteiger partial charge in [0.1, 0.15) is 6.61 Å². The second-order valence-corrected chi connectivity index (χ2v) is 8.82. The lowest BCUT2D eigenvalue weighted by molar-refractivity contribution is -0.163. The second kappa shape index (κ2) is 8.62. The smallest absolute Gasteiger partial charge is 0.311 e. The highest BCUT2D eigenvalue weighted by Gasteiger charge is 2.57. The molecule has 5 nitrogen and oxygen atoms in total. The maximum Gasteiger partial charge on any atom is 0.311 e. The van der Waals surface area contributed by atoms with E-state index in [1.807, 2.05) is 26.8 Å². The van der Waals surface area contributed by atoms with Gasteiger partial charge in [-0.25, -0.2) is 0 Å². The molecule has 3 atom stereocenters. The number of carbonyl (C=O) groups is 3. The molecule has 0 aromatic heterocycles. The Hall–Kier alpha value is -1.91. The Kier molecular flexibility index (Phi) is 6.89. The molecule has 0 heterocycles. The first kappa shape index (κ1) is 22.4. The molecule has 2 aliphatic rings. The zero-order valence-electron chi connectivity index (χ0n) is 18.1. The molecule has 1 saturated carbocycles. The van der Waals surface area contributed by atoms with Crippen LogP contribution in [0, 0.1) is 16.7 Å². The van der Waals surface area contributed by atoms with Crippen molar-refractivity contribution in [1.82, 2.24) is 0 Å². The summed E-state index contributed by atoms with van der Waals surface area (Å²) in [6, 6.07) is 0. The molecular weight excluding hydrogens is 356 g/mol. The van der Waals surface area contributed by atoms with Gasteiger partial charge in [-0.1, -0.05) is 24.5 Å². The molecule has 2 aliphatic carbocycles. The van der Waals surface area contributed by atoms with Crippen molar-refractivity contribution < 1.29 is 23.9 Å². The predicted octanol–water partition coefficient (Wildman–Crippen LogP) is 4.55. The van der Waals surface area contributed by atoms with Crippen molar-refractivity contribution in [3.8, 4) is 0 Å². The third-order valence-corrected chi connectivity index (χ3v) is 7.02. The van der Waals surface area contributed by atoms with Crippen molar-refractivity contribution in [1.29, 1.82) is 0 Å². The van der Waals surface area contributed by atoms with Crippen molar-refractivity contribution in [2.24, 2.45) is 16.7 Å². The van der Waals surface area contributed by atoms with Gasteiger partial charge in [-0.05, 0) is 69.4 Å². The summed E-state index contributed by atoms with van der Waals surface area (Å²) >= 11 is 0. The highest BCUT2D eigenvalue weighted by Crippen LogP contribution is 2.60. The monoisotopic (exact) mass is 390 g/mol. The van der Waals surface area contributed by atoms with Gasteiger partial charge in [-0.2, -0.15) is 0 Å². The van der Waals surface area contributed by atoms with Crippen LogP contribution in [0.3, 0.4) is 0 Å². The van der Waals surface area contributed by atoms with Gasteiger partial charge >= 0.3 is 11.9 Å². The molecule has 0 bridgehead atoms. The molecule has 0 aromatic rings. The van der Waals surface area contributed by atoms with Crippen LogP contribution in [0.4, 0.5) is 0 Å². The zero-order chi connectivity index (χ0) is 21.1. The quantitative estimate of drug-likeness (QED) is 0.491. The summed E-state index contributed by atoms with van der Waals surface area (Å²) < 4.78 is 10.1. The molecule has 5 heteroatoms. The van der Waals surface area contributed by atoms with E-state index in [9.17, 15) is 14.4 Å². The van der Waals surface area contributed by atoms with E-state index in [1.165, 1.54) is 19.6 Å². The fourth-order valence-electron chi connectivity index (χ4n) is 5.30. The molecule has 1 fully saturated rings. The lowest BCUT2D eigenvalue weighted by atomic mass is 9.49. The SMILES string of the molecule is COC(=O)[C@@]1(C)CCC[C@]2(C)C(CC/C(C)=C/COC(C)=O)=C(C)C(=O)C[C@@H]12. The molecular formula is C23H34O5. The number of hydrogen-bond donors (Lipinski definition) is 0. The molecule has 156 valence electrons. The molecule has 0 radical (unpaired) electrons. The number of rotatable bonds is 6. The van der Waals surface area contributed by atoms with Crippen LogP contribution in [0.15, 0.2) is 22.8 Å². The van der Waals surface area contributed by atoms with Crippen LogP contribution in [0.2, 0.25) is 0 Å². The number of allylic oxidation sites excluding steroid dienone is 3. The van der Waals surface area contributed by atoms with E-state index in [0.29, 0.717) is 6.42 Å². The minimum atomic E-state index is -0.621. The number of carbonyl (C=O) groups excluding carboxylic acids is 3. The van der Waals surface area contributed by atoms with Crippen molar-refractivity contribution in [3.63, 3.8) is 0 Å². The normalized spacial score (nSPS) is 30.7. The Labute approximate surface area is 168 Å². The number of Topliss-reactive ketones (excluding diaryl/α,β-unsaturated/α-hetero) is 1. The first-order valence-electron chi connectivity index (χ1n) is 10.2. The third kappa shape index (κ3) is 4.23. The van der Waals surface area contributed by atoms with Crippen LogP contribution in [0.5, 0.6) is 0 Å². The van der Waals surface area contributed by atoms with Crippen molar-refractivity contribution >= 4 is 17.7 Å². The van der Waals surface area contributed by atoms with Gasteiger partial charge in [0, 0.05) is 13.3 Å². The third-order valence-electron chi connectivity index (χ3n) is 7.02. The summed E-state index contributed by atoms with van der Waals surface area (Å²) in [5.74, 6) is -0.374. The Bertz CT molecular complexity index is 717. The largest absolute Gasteiger partial charge is 0.469 e. The molecule has 0 aromatic carbocycles. The van der Waals surface area contributed by atoms with Crippen LogP contribution in [0.25, 0.3) is 0 Å². The fourth-order valence-corrected chi connectivity index (χ4v) is 5.30. The van der Waals surface area contributed by atoms with E-state index in [0.717, 1.165) is 43.3 Å². The standard InChI is InChI=1S/C23H34O5/c1-15(10-13-28-17(3)24)8-9-18-16(2)19(25)14-20-22(18,4)11-7-12-23(20,5)21(26)27-6/h10,20H,7-9,11-14H2,1-6H3/b15-10+/t20-,22-,23+/m1/s1. The molecule has 0 unspecified atom stereocenters. The summed E-state index contributed by atoms with van der Waals surface area (Å²) in [5, 5.41) is 0. The Morgan fingerprint density at radius 2 is 1.89 bits per heavy atom. The topological polar surface area (TPSA) is 69.7 Å². The average molecular weight is 391 g/mol. The van der Waals surface area contributed by atoms with Crippen LogP contribution >= 0.6 is 0 Å². The van der Waals surface area contributed by atoms with Crippen molar-refractivity contribution in [2.75, 3.05) is 13.7 Å². The molecule has 0 spiro atoms. The summed E-state index contributed by atoms with van der Waals surface area (Å²) in [7, 11) is 1.43. The number of ether oxygens (including phenoxy) is 2. The van der Waals surface area contributed by atoms with E-state index in [-0.39, 0.29) is 35.7 Å². The van der Waals surface area contributed by atoms with Gasteiger partial charge in [-0.15, -0.1) is 0 Å². The molecule has 0 saturated heterocycles. The van der Waals surface area contributed by atoms with Crippen LogP contribution in [0.1, 0.15) is 73.1 Å². The molecule has 2 rings (SSSR count). The Morgan fingerprint density at radius 3 is 2.50 bits per heavy atom. The van der Waals surface area contributed by atoms with Gasteiger partial charge in [-0.3, -0.25) is 14.4 Å². The lowest BCUT2D eigenvalue weighted by Crippen LogP contribution is -2.52. The Balaban J connectivity index is 2.28. The highest BCUT2D eigenvalue weighted by atomic mass is 16.5. The van der Waals surface area contributed by atoms with Gasteiger partial charge < -0.3 is 9.47 Å². The second-order valence-electron chi connectivity index (χ2n) is 8.82. The van der Waals surface area contributed by atoms with Crippen molar-refractivity contribution in [3.05, 3.63) is 22.8 Å². The van der Waals surface area contributed by atoms with Gasteiger partial charge in [0.15, 0.2) is 5.78 Å². The van der Waals surface area contributed by atoms with Gasteiger partial charge in [0.2, 0.25) is 0 Å². The molecule has 0 N–H and O–H groups in total. The van der Waals surface area contributed by atoms with E-state index >= 15 is 0 Å². The predicted molar refractivity (Wildman–Crippen MR) is 108 cm³/mol. The van der Waals surface area contributed by atoms with E-state index < -0.39 is 5.41 Å². The first-order valence-corrected chi connectivity index (χ1v) is 10.2. The first-order chi connectivity index (χ1) is 13.1. The minimum Gasteiger partial charge on any atom is -0.469 e. The Morgan fingerprint density at radius 1 is 1.21 bits per heavy atom. The van der Waals surface area contributed by atoms with Crippen LogP contribution < -0.4 is 0 Å². The molecule has 0 amide bonds.